The Morgan fingerprint density at radius 1 is 1.35 bits per heavy atom. The Hall–Kier alpha value is -1.84. The third-order valence-corrected chi connectivity index (χ3v) is 1.92. The molecule has 0 aliphatic carbocycles. The van der Waals surface area contributed by atoms with Gasteiger partial charge in [0, 0.05) is 5.56 Å². The zero-order chi connectivity index (χ0) is 13.1. The van der Waals surface area contributed by atoms with Gasteiger partial charge in [0.05, 0.1) is 0 Å². The van der Waals surface area contributed by atoms with E-state index in [1.54, 1.807) is 26.8 Å². The van der Waals surface area contributed by atoms with Crippen LogP contribution in [0.2, 0.25) is 0 Å². The van der Waals surface area contributed by atoms with Gasteiger partial charge in [0.2, 0.25) is 0 Å². The minimum atomic E-state index is -0.670. The van der Waals surface area contributed by atoms with E-state index < -0.39 is 11.7 Å². The number of benzene rings is 1. The molecule has 0 spiro atoms. The monoisotopic (exact) mass is 234 g/mol. The fourth-order valence-corrected chi connectivity index (χ4v) is 1.25. The number of hydrogen-bond acceptors (Lipinski definition) is 2. The van der Waals surface area contributed by atoms with E-state index in [9.17, 15) is 4.79 Å². The maximum atomic E-state index is 11.4. The van der Waals surface area contributed by atoms with Crippen molar-refractivity contribution in [2.45, 2.75) is 33.3 Å². The number of hydrogen-bond donors (Lipinski definition) is 1. The number of amidine groups is 1. The Morgan fingerprint density at radius 3 is 2.53 bits per heavy atom. The SMILES string of the molecule is Cc1cccc(/C(N)=N/C(=O)OC(C)(C)C)c1. The number of nitrogens with zero attached hydrogens (tertiary/aromatic N) is 1. The highest BCUT2D eigenvalue weighted by Gasteiger charge is 2.16. The highest BCUT2D eigenvalue weighted by Crippen LogP contribution is 2.09. The fourth-order valence-electron chi connectivity index (χ4n) is 1.25. The van der Waals surface area contributed by atoms with Crippen molar-refractivity contribution in [1.29, 1.82) is 0 Å². The van der Waals surface area contributed by atoms with Gasteiger partial charge < -0.3 is 10.5 Å². The maximum absolute atomic E-state index is 11.4. The molecule has 92 valence electrons. The lowest BCUT2D eigenvalue weighted by Crippen LogP contribution is -2.24. The summed E-state index contributed by atoms with van der Waals surface area (Å²) >= 11 is 0. The van der Waals surface area contributed by atoms with Crippen LogP contribution in [0.15, 0.2) is 29.3 Å². The number of amides is 1. The summed E-state index contributed by atoms with van der Waals surface area (Å²) < 4.78 is 5.05. The lowest BCUT2D eigenvalue weighted by Gasteiger charge is -2.17. The van der Waals surface area contributed by atoms with Crippen molar-refractivity contribution in [2.24, 2.45) is 10.7 Å². The Kier molecular flexibility index (Phi) is 3.89. The van der Waals surface area contributed by atoms with Crippen LogP contribution in [0, 0.1) is 6.92 Å². The number of rotatable bonds is 1. The van der Waals surface area contributed by atoms with Crippen molar-refractivity contribution in [2.75, 3.05) is 0 Å². The van der Waals surface area contributed by atoms with Gasteiger partial charge in [-0.3, -0.25) is 0 Å². The zero-order valence-corrected chi connectivity index (χ0v) is 10.7. The molecule has 0 saturated carbocycles. The van der Waals surface area contributed by atoms with E-state index >= 15 is 0 Å². The first-order valence-corrected chi connectivity index (χ1v) is 5.42. The maximum Gasteiger partial charge on any atom is 0.436 e. The smallest absolute Gasteiger partial charge is 0.436 e. The molecule has 0 saturated heterocycles. The van der Waals surface area contributed by atoms with Crippen molar-refractivity contribution in [3.05, 3.63) is 35.4 Å². The first-order chi connectivity index (χ1) is 7.78. The van der Waals surface area contributed by atoms with Gasteiger partial charge in [0.1, 0.15) is 11.4 Å². The van der Waals surface area contributed by atoms with Crippen LogP contribution in [0.5, 0.6) is 0 Å². The first kappa shape index (κ1) is 13.2. The lowest BCUT2D eigenvalue weighted by molar-refractivity contribution is 0.0604. The molecular weight excluding hydrogens is 216 g/mol. The van der Waals surface area contributed by atoms with Gasteiger partial charge in [-0.05, 0) is 33.8 Å². The topological polar surface area (TPSA) is 64.7 Å². The lowest BCUT2D eigenvalue weighted by atomic mass is 10.1. The van der Waals surface area contributed by atoms with Gasteiger partial charge in [-0.15, -0.1) is 0 Å². The molecule has 17 heavy (non-hydrogen) atoms. The number of nitrogens with two attached hydrogens (primary N) is 1. The summed E-state index contributed by atoms with van der Waals surface area (Å²) in [6, 6.07) is 7.48. The van der Waals surface area contributed by atoms with Crippen molar-refractivity contribution < 1.29 is 9.53 Å². The summed E-state index contributed by atoms with van der Waals surface area (Å²) in [5, 5.41) is 0. The molecule has 0 aliphatic heterocycles. The number of aliphatic imine (C=N–C) groups is 1. The van der Waals surface area contributed by atoms with Crippen molar-refractivity contribution >= 4 is 11.9 Å². The summed E-state index contributed by atoms with van der Waals surface area (Å²) in [4.78, 5) is 15.1. The predicted molar refractivity (Wildman–Crippen MR) is 68.1 cm³/mol. The molecule has 0 radical (unpaired) electrons. The van der Waals surface area contributed by atoms with Crippen LogP contribution in [0.4, 0.5) is 4.79 Å². The highest BCUT2D eigenvalue weighted by atomic mass is 16.6. The molecule has 2 N–H and O–H groups in total. The number of carbonyl (C=O) groups excluding carboxylic acids is 1. The quantitative estimate of drug-likeness (QED) is 0.600. The molecule has 1 rings (SSSR count). The Bertz CT molecular complexity index is 445. The Balaban J connectivity index is 2.83. The average molecular weight is 234 g/mol. The van der Waals surface area contributed by atoms with E-state index in [4.69, 9.17) is 10.5 Å². The normalized spacial score (nSPS) is 12.4. The van der Waals surface area contributed by atoms with Crippen LogP contribution in [0.25, 0.3) is 0 Å². The number of aryl methyl sites for hydroxylation is 1. The van der Waals surface area contributed by atoms with Crippen molar-refractivity contribution in [3.63, 3.8) is 0 Å². The minimum absolute atomic E-state index is 0.169. The van der Waals surface area contributed by atoms with E-state index in [1.165, 1.54) is 0 Å². The predicted octanol–water partition coefficient (Wildman–Crippen LogP) is 2.64. The van der Waals surface area contributed by atoms with Crippen molar-refractivity contribution in [1.82, 2.24) is 0 Å². The van der Waals surface area contributed by atoms with Gasteiger partial charge in [0.15, 0.2) is 0 Å². The molecular formula is C13H18N2O2. The summed E-state index contributed by atoms with van der Waals surface area (Å²) in [5.74, 6) is 0.169. The molecule has 4 heteroatoms. The van der Waals surface area contributed by atoms with Crippen LogP contribution in [-0.2, 0) is 4.74 Å². The molecule has 0 atom stereocenters. The molecule has 0 bridgehead atoms. The third kappa shape index (κ3) is 4.68. The Labute approximate surface area is 101 Å². The average Bonchev–Trinajstić information content (AvgIpc) is 2.14. The van der Waals surface area contributed by atoms with E-state index in [0.717, 1.165) is 11.1 Å². The molecule has 0 aromatic heterocycles. The summed E-state index contributed by atoms with van der Waals surface area (Å²) in [5.41, 5.74) is 6.95. The summed E-state index contributed by atoms with van der Waals surface area (Å²) in [6.45, 7) is 7.29. The second-order valence-corrected chi connectivity index (χ2v) is 4.85. The summed E-state index contributed by atoms with van der Waals surface area (Å²) in [7, 11) is 0. The van der Waals surface area contributed by atoms with Gasteiger partial charge in [-0.1, -0.05) is 23.8 Å². The molecule has 0 heterocycles. The molecule has 0 aliphatic rings. The van der Waals surface area contributed by atoms with Crippen LogP contribution < -0.4 is 5.73 Å². The number of carbonyl (C=O) groups is 1. The summed E-state index contributed by atoms with van der Waals surface area (Å²) in [6.07, 6.45) is -0.670. The van der Waals surface area contributed by atoms with E-state index in [2.05, 4.69) is 4.99 Å². The molecule has 1 aromatic carbocycles. The third-order valence-electron chi connectivity index (χ3n) is 1.92. The molecule has 4 nitrogen and oxygen atoms in total. The standard InChI is InChI=1S/C13H18N2O2/c1-9-6-5-7-10(8-9)11(14)15-12(16)17-13(2,3)4/h5-8H,1-4H3,(H2,14,15,16). The second-order valence-electron chi connectivity index (χ2n) is 4.85. The highest BCUT2D eigenvalue weighted by molar-refractivity contribution is 6.02. The van der Waals surface area contributed by atoms with Gasteiger partial charge in [-0.25, -0.2) is 4.79 Å². The Morgan fingerprint density at radius 2 is 2.00 bits per heavy atom. The first-order valence-electron chi connectivity index (χ1n) is 5.42. The van der Waals surface area contributed by atoms with Gasteiger partial charge in [0.25, 0.3) is 0 Å². The van der Waals surface area contributed by atoms with Gasteiger partial charge >= 0.3 is 6.09 Å². The molecule has 0 unspecified atom stereocenters. The minimum Gasteiger partial charge on any atom is -0.442 e. The van der Waals surface area contributed by atoms with E-state index in [0.29, 0.717) is 0 Å². The zero-order valence-electron chi connectivity index (χ0n) is 10.7. The largest absolute Gasteiger partial charge is 0.442 e. The van der Waals surface area contributed by atoms with E-state index in [1.807, 2.05) is 25.1 Å². The molecule has 1 amide bonds. The molecule has 1 aromatic rings. The van der Waals surface area contributed by atoms with E-state index in [-0.39, 0.29) is 5.84 Å². The second kappa shape index (κ2) is 4.99. The van der Waals surface area contributed by atoms with Crippen LogP contribution in [0.1, 0.15) is 31.9 Å². The van der Waals surface area contributed by atoms with Crippen LogP contribution in [0.3, 0.4) is 0 Å². The molecule has 0 fully saturated rings. The van der Waals surface area contributed by atoms with Crippen LogP contribution >= 0.6 is 0 Å². The van der Waals surface area contributed by atoms with Gasteiger partial charge in [-0.2, -0.15) is 4.99 Å². The van der Waals surface area contributed by atoms with Crippen molar-refractivity contribution in [3.8, 4) is 0 Å². The van der Waals surface area contributed by atoms with Crippen LogP contribution in [-0.4, -0.2) is 17.5 Å². The number of ether oxygens (including phenoxy) is 1. The fraction of sp³-hybridized carbons (Fsp3) is 0.385.